The summed E-state index contributed by atoms with van der Waals surface area (Å²) in [4.78, 5) is 14.2. The minimum atomic E-state index is -0.174. The lowest BCUT2D eigenvalue weighted by Gasteiger charge is -2.13. The van der Waals surface area contributed by atoms with Crippen LogP contribution in [0, 0.1) is 11.3 Å². The standard InChI is InChI=1S/C17H17N3O/c1-20(2)16-8-6-15(7-9-16)19-17(21)14-5-3-4-13(12-14)10-11-18/h3-9,12H,10H2,1-2H3,(H,19,21). The van der Waals surface area contributed by atoms with Crippen molar-refractivity contribution in [3.8, 4) is 6.07 Å². The number of nitrogens with one attached hydrogen (secondary N) is 1. The fourth-order valence-electron chi connectivity index (χ4n) is 1.96. The van der Waals surface area contributed by atoms with Gasteiger partial charge in [0.1, 0.15) is 0 Å². The quantitative estimate of drug-likeness (QED) is 0.935. The molecule has 0 heterocycles. The van der Waals surface area contributed by atoms with E-state index in [0.29, 0.717) is 12.0 Å². The maximum Gasteiger partial charge on any atom is 0.255 e. The number of rotatable bonds is 4. The van der Waals surface area contributed by atoms with Gasteiger partial charge < -0.3 is 10.2 Å². The number of hydrogen-bond donors (Lipinski definition) is 1. The molecule has 106 valence electrons. The highest BCUT2D eigenvalue weighted by molar-refractivity contribution is 6.04. The first-order valence-electron chi connectivity index (χ1n) is 6.65. The van der Waals surface area contributed by atoms with Crippen LogP contribution in [0.25, 0.3) is 0 Å². The van der Waals surface area contributed by atoms with Crippen LogP contribution in [-0.2, 0) is 6.42 Å². The van der Waals surface area contributed by atoms with Gasteiger partial charge in [0.25, 0.3) is 5.91 Å². The van der Waals surface area contributed by atoms with Gasteiger partial charge in [0, 0.05) is 31.0 Å². The zero-order valence-corrected chi connectivity index (χ0v) is 12.1. The summed E-state index contributed by atoms with van der Waals surface area (Å²) in [6.07, 6.45) is 0.304. The number of anilines is 2. The molecule has 0 aromatic heterocycles. The summed E-state index contributed by atoms with van der Waals surface area (Å²) in [6.45, 7) is 0. The van der Waals surface area contributed by atoms with Gasteiger partial charge in [-0.25, -0.2) is 0 Å². The van der Waals surface area contributed by atoms with E-state index in [1.807, 2.05) is 49.3 Å². The Bertz CT molecular complexity index is 669. The molecule has 21 heavy (non-hydrogen) atoms. The van der Waals surface area contributed by atoms with Crippen molar-refractivity contribution >= 4 is 17.3 Å². The van der Waals surface area contributed by atoms with Crippen molar-refractivity contribution in [2.75, 3.05) is 24.3 Å². The van der Waals surface area contributed by atoms with E-state index in [1.54, 1.807) is 18.2 Å². The summed E-state index contributed by atoms with van der Waals surface area (Å²) in [6, 6.07) is 16.8. The Balaban J connectivity index is 2.10. The van der Waals surface area contributed by atoms with E-state index in [1.165, 1.54) is 0 Å². The number of carbonyl (C=O) groups excluding carboxylic acids is 1. The van der Waals surface area contributed by atoms with E-state index in [2.05, 4.69) is 11.4 Å². The normalized spacial score (nSPS) is 9.76. The molecular weight excluding hydrogens is 262 g/mol. The molecule has 0 saturated carbocycles. The molecule has 4 heteroatoms. The summed E-state index contributed by atoms with van der Waals surface area (Å²) >= 11 is 0. The largest absolute Gasteiger partial charge is 0.378 e. The maximum absolute atomic E-state index is 12.2. The predicted molar refractivity (Wildman–Crippen MR) is 84.5 cm³/mol. The van der Waals surface area contributed by atoms with Crippen LogP contribution in [0.1, 0.15) is 15.9 Å². The SMILES string of the molecule is CN(C)c1ccc(NC(=O)c2cccc(CC#N)c2)cc1. The smallest absolute Gasteiger partial charge is 0.255 e. The van der Waals surface area contributed by atoms with Crippen molar-refractivity contribution < 1.29 is 4.79 Å². The molecule has 0 bridgehead atoms. The summed E-state index contributed by atoms with van der Waals surface area (Å²) in [7, 11) is 3.93. The lowest BCUT2D eigenvalue weighted by Crippen LogP contribution is -2.13. The lowest BCUT2D eigenvalue weighted by atomic mass is 10.1. The Morgan fingerprint density at radius 3 is 2.52 bits per heavy atom. The second kappa shape index (κ2) is 6.58. The molecule has 0 aliphatic rings. The molecular formula is C17H17N3O. The van der Waals surface area contributed by atoms with Gasteiger partial charge in [0.2, 0.25) is 0 Å². The zero-order chi connectivity index (χ0) is 15.2. The number of amides is 1. The van der Waals surface area contributed by atoms with Crippen molar-refractivity contribution in [2.24, 2.45) is 0 Å². The van der Waals surface area contributed by atoms with Crippen LogP contribution in [0.15, 0.2) is 48.5 Å². The van der Waals surface area contributed by atoms with E-state index >= 15 is 0 Å². The lowest BCUT2D eigenvalue weighted by molar-refractivity contribution is 0.102. The molecule has 4 nitrogen and oxygen atoms in total. The van der Waals surface area contributed by atoms with Crippen molar-refractivity contribution in [1.29, 1.82) is 5.26 Å². The van der Waals surface area contributed by atoms with Gasteiger partial charge in [-0.2, -0.15) is 5.26 Å². The number of benzene rings is 2. The van der Waals surface area contributed by atoms with E-state index in [-0.39, 0.29) is 5.91 Å². The van der Waals surface area contributed by atoms with Gasteiger partial charge in [-0.1, -0.05) is 12.1 Å². The van der Waals surface area contributed by atoms with Crippen molar-refractivity contribution in [3.63, 3.8) is 0 Å². The molecule has 2 rings (SSSR count). The van der Waals surface area contributed by atoms with Crippen LogP contribution in [-0.4, -0.2) is 20.0 Å². The van der Waals surface area contributed by atoms with Gasteiger partial charge in [-0.3, -0.25) is 4.79 Å². The number of nitriles is 1. The third kappa shape index (κ3) is 3.83. The van der Waals surface area contributed by atoms with Crippen LogP contribution in [0.2, 0.25) is 0 Å². The van der Waals surface area contributed by atoms with Crippen LogP contribution in [0.3, 0.4) is 0 Å². The van der Waals surface area contributed by atoms with Gasteiger partial charge in [0.05, 0.1) is 12.5 Å². The highest BCUT2D eigenvalue weighted by Gasteiger charge is 2.07. The minimum absolute atomic E-state index is 0.174. The van der Waals surface area contributed by atoms with Gasteiger partial charge in [-0.05, 0) is 42.0 Å². The van der Waals surface area contributed by atoms with Crippen molar-refractivity contribution in [2.45, 2.75) is 6.42 Å². The second-order valence-electron chi connectivity index (χ2n) is 4.93. The first-order chi connectivity index (χ1) is 10.1. The molecule has 0 saturated heterocycles. The zero-order valence-electron chi connectivity index (χ0n) is 12.1. The molecule has 0 aliphatic heterocycles. The molecule has 0 atom stereocenters. The third-order valence-electron chi connectivity index (χ3n) is 3.11. The fourth-order valence-corrected chi connectivity index (χ4v) is 1.96. The van der Waals surface area contributed by atoms with E-state index < -0.39 is 0 Å². The summed E-state index contributed by atoms with van der Waals surface area (Å²) in [5.41, 5.74) is 3.22. The van der Waals surface area contributed by atoms with E-state index in [9.17, 15) is 4.79 Å². The molecule has 0 unspecified atom stereocenters. The molecule has 1 amide bonds. The maximum atomic E-state index is 12.2. The predicted octanol–water partition coefficient (Wildman–Crippen LogP) is 3.07. The highest BCUT2D eigenvalue weighted by Crippen LogP contribution is 2.16. The topological polar surface area (TPSA) is 56.1 Å². The summed E-state index contributed by atoms with van der Waals surface area (Å²) < 4.78 is 0. The average molecular weight is 279 g/mol. The van der Waals surface area contributed by atoms with Crippen LogP contribution in [0.4, 0.5) is 11.4 Å². The first kappa shape index (κ1) is 14.6. The monoisotopic (exact) mass is 279 g/mol. The molecule has 2 aromatic rings. The fraction of sp³-hybridized carbons (Fsp3) is 0.176. The molecule has 1 N–H and O–H groups in total. The van der Waals surface area contributed by atoms with Gasteiger partial charge >= 0.3 is 0 Å². The second-order valence-corrected chi connectivity index (χ2v) is 4.93. The Morgan fingerprint density at radius 2 is 1.90 bits per heavy atom. The molecule has 0 aliphatic carbocycles. The van der Waals surface area contributed by atoms with Gasteiger partial charge in [-0.15, -0.1) is 0 Å². The molecule has 2 aromatic carbocycles. The average Bonchev–Trinajstić information content (AvgIpc) is 2.48. The van der Waals surface area contributed by atoms with Gasteiger partial charge in [0.15, 0.2) is 0 Å². The number of hydrogen-bond acceptors (Lipinski definition) is 3. The van der Waals surface area contributed by atoms with E-state index in [0.717, 1.165) is 16.9 Å². The Kier molecular flexibility index (Phi) is 4.57. The third-order valence-corrected chi connectivity index (χ3v) is 3.11. The molecule has 0 radical (unpaired) electrons. The van der Waals surface area contributed by atoms with Crippen molar-refractivity contribution in [1.82, 2.24) is 0 Å². The number of nitrogens with zero attached hydrogens (tertiary/aromatic N) is 2. The van der Waals surface area contributed by atoms with Crippen LogP contribution in [0.5, 0.6) is 0 Å². The summed E-state index contributed by atoms with van der Waals surface area (Å²) in [5.74, 6) is -0.174. The highest BCUT2D eigenvalue weighted by atomic mass is 16.1. The molecule has 0 spiro atoms. The van der Waals surface area contributed by atoms with Crippen LogP contribution < -0.4 is 10.2 Å². The van der Waals surface area contributed by atoms with E-state index in [4.69, 9.17) is 5.26 Å². The first-order valence-corrected chi connectivity index (χ1v) is 6.65. The summed E-state index contributed by atoms with van der Waals surface area (Å²) in [5, 5.41) is 11.6. The minimum Gasteiger partial charge on any atom is -0.378 e. The Labute approximate surface area is 124 Å². The van der Waals surface area contributed by atoms with Crippen molar-refractivity contribution in [3.05, 3.63) is 59.7 Å². The Hall–Kier alpha value is -2.80. The molecule has 0 fully saturated rings. The van der Waals surface area contributed by atoms with Crippen LogP contribution >= 0.6 is 0 Å². The Morgan fingerprint density at radius 1 is 1.19 bits per heavy atom. The number of carbonyl (C=O) groups is 1.